The van der Waals surface area contributed by atoms with E-state index >= 15 is 0 Å². The third-order valence-electron chi connectivity index (χ3n) is 5.45. The molecule has 3 aromatic rings. The van der Waals surface area contributed by atoms with E-state index < -0.39 is 5.41 Å². The quantitative estimate of drug-likeness (QED) is 0.659. The summed E-state index contributed by atoms with van der Waals surface area (Å²) >= 11 is 1.44. The van der Waals surface area contributed by atoms with Crippen LogP contribution in [0.1, 0.15) is 34.9 Å². The first-order valence-electron chi connectivity index (χ1n) is 9.45. The Hall–Kier alpha value is -2.90. The van der Waals surface area contributed by atoms with E-state index in [0.29, 0.717) is 10.9 Å². The molecular formula is C22H20N2O4S. The highest BCUT2D eigenvalue weighted by Crippen LogP contribution is 2.51. The molecule has 5 rings (SSSR count). The molecule has 1 N–H and O–H groups in total. The van der Waals surface area contributed by atoms with E-state index in [1.54, 1.807) is 13.3 Å². The number of rotatable bonds is 6. The van der Waals surface area contributed by atoms with Crippen molar-refractivity contribution < 1.29 is 19.0 Å². The van der Waals surface area contributed by atoms with Gasteiger partial charge in [-0.25, -0.2) is 4.98 Å². The summed E-state index contributed by atoms with van der Waals surface area (Å²) in [5.74, 6) is 1.39. The number of fused-ring (bicyclic) bond motifs is 1. The van der Waals surface area contributed by atoms with Crippen molar-refractivity contribution in [3.63, 3.8) is 0 Å². The van der Waals surface area contributed by atoms with E-state index in [0.717, 1.165) is 34.6 Å². The largest absolute Gasteiger partial charge is 0.454 e. The molecule has 1 amide bonds. The number of carbonyl (C=O) groups excluding carboxylic acids is 1. The number of nitrogens with zero attached hydrogens (tertiary/aromatic N) is 1. The van der Waals surface area contributed by atoms with Gasteiger partial charge in [-0.3, -0.25) is 4.79 Å². The summed E-state index contributed by atoms with van der Waals surface area (Å²) < 4.78 is 16.5. The molecule has 0 saturated heterocycles. The molecular weight excluding hydrogens is 388 g/mol. The minimum atomic E-state index is -0.521. The number of hydrogen-bond acceptors (Lipinski definition) is 6. The smallest absolute Gasteiger partial charge is 0.236 e. The lowest BCUT2D eigenvalue weighted by Crippen LogP contribution is -2.27. The van der Waals surface area contributed by atoms with Gasteiger partial charge in [-0.1, -0.05) is 47.7 Å². The highest BCUT2D eigenvalue weighted by atomic mass is 32.1. The molecule has 1 aliphatic heterocycles. The Morgan fingerprint density at radius 3 is 2.72 bits per heavy atom. The monoisotopic (exact) mass is 408 g/mol. The number of hydrogen-bond donors (Lipinski definition) is 1. The first kappa shape index (κ1) is 18.1. The van der Waals surface area contributed by atoms with Gasteiger partial charge < -0.3 is 19.5 Å². The fraction of sp³-hybridized carbons (Fsp3) is 0.273. The van der Waals surface area contributed by atoms with E-state index in [1.807, 2.05) is 48.5 Å². The molecule has 1 aliphatic carbocycles. The summed E-state index contributed by atoms with van der Waals surface area (Å²) in [5, 5.41) is 3.58. The van der Waals surface area contributed by atoms with E-state index in [2.05, 4.69) is 10.3 Å². The summed E-state index contributed by atoms with van der Waals surface area (Å²) in [4.78, 5) is 18.4. The van der Waals surface area contributed by atoms with Gasteiger partial charge in [0.1, 0.15) is 6.10 Å². The number of methoxy groups -OCH3 is 1. The number of carbonyl (C=O) groups is 1. The third kappa shape index (κ3) is 3.26. The lowest BCUT2D eigenvalue weighted by molar-refractivity contribution is -0.118. The third-order valence-corrected chi connectivity index (χ3v) is 6.41. The summed E-state index contributed by atoms with van der Waals surface area (Å²) in [6.07, 6.45) is 3.17. The van der Waals surface area contributed by atoms with Gasteiger partial charge in [-0.05, 0) is 36.1 Å². The van der Waals surface area contributed by atoms with Gasteiger partial charge in [0.2, 0.25) is 12.7 Å². The zero-order chi connectivity index (χ0) is 19.8. The summed E-state index contributed by atoms with van der Waals surface area (Å²) in [7, 11) is 1.68. The van der Waals surface area contributed by atoms with Crippen molar-refractivity contribution in [1.29, 1.82) is 0 Å². The molecule has 1 atom stereocenters. The maximum absolute atomic E-state index is 13.1. The fourth-order valence-corrected chi connectivity index (χ4v) is 4.61. The molecule has 148 valence electrons. The number of aromatic nitrogens is 1. The van der Waals surface area contributed by atoms with Gasteiger partial charge in [-0.2, -0.15) is 0 Å². The van der Waals surface area contributed by atoms with E-state index in [9.17, 15) is 4.79 Å². The van der Waals surface area contributed by atoms with Crippen LogP contribution in [0.25, 0.3) is 0 Å². The Morgan fingerprint density at radius 2 is 1.97 bits per heavy atom. The summed E-state index contributed by atoms with van der Waals surface area (Å²) in [5.41, 5.74) is 1.48. The molecule has 0 radical (unpaired) electrons. The van der Waals surface area contributed by atoms with Crippen molar-refractivity contribution in [3.8, 4) is 11.5 Å². The fourth-order valence-electron chi connectivity index (χ4n) is 3.69. The number of benzene rings is 2. The summed E-state index contributed by atoms with van der Waals surface area (Å²) in [6.45, 7) is 0.224. The number of anilines is 1. The number of amides is 1. The van der Waals surface area contributed by atoms with Crippen LogP contribution in [0.15, 0.2) is 54.7 Å². The van der Waals surface area contributed by atoms with Crippen LogP contribution in [0.2, 0.25) is 0 Å². The van der Waals surface area contributed by atoms with Gasteiger partial charge in [0, 0.05) is 13.3 Å². The second-order valence-electron chi connectivity index (χ2n) is 7.20. The maximum atomic E-state index is 13.1. The van der Waals surface area contributed by atoms with Crippen LogP contribution < -0.4 is 14.8 Å². The Bertz CT molecular complexity index is 1050. The predicted molar refractivity (Wildman–Crippen MR) is 110 cm³/mol. The Labute approximate surface area is 172 Å². The van der Waals surface area contributed by atoms with Gasteiger partial charge in [0.25, 0.3) is 0 Å². The standard InChI is InChI=1S/C22H20N2O4S/c1-26-19(14-5-3-2-4-6-14)18-12-23-21(29-18)24-20(25)22(9-10-22)15-7-8-16-17(11-15)28-13-27-16/h2-8,11-12,19H,9-10,13H2,1H3,(H,23,24,25). The molecule has 6 nitrogen and oxygen atoms in total. The highest BCUT2D eigenvalue weighted by molar-refractivity contribution is 7.15. The zero-order valence-corrected chi connectivity index (χ0v) is 16.7. The first-order chi connectivity index (χ1) is 14.2. The number of nitrogens with one attached hydrogen (secondary N) is 1. The van der Waals surface area contributed by atoms with Crippen molar-refractivity contribution in [2.45, 2.75) is 24.4 Å². The SMILES string of the molecule is COC(c1ccccc1)c1cnc(NC(=O)C2(c3ccc4c(c3)OCO4)CC2)s1. The molecule has 1 fully saturated rings. The summed E-state index contributed by atoms with van der Waals surface area (Å²) in [6, 6.07) is 15.7. The van der Waals surface area contributed by atoms with Crippen molar-refractivity contribution in [2.75, 3.05) is 19.2 Å². The molecule has 1 unspecified atom stereocenters. The average Bonchev–Trinajstić information content (AvgIpc) is 3.21. The molecule has 2 aliphatic rings. The van der Waals surface area contributed by atoms with Crippen LogP contribution in [0, 0.1) is 0 Å². The molecule has 7 heteroatoms. The van der Waals surface area contributed by atoms with Crippen molar-refractivity contribution in [3.05, 3.63) is 70.7 Å². The minimum absolute atomic E-state index is 0.0362. The van der Waals surface area contributed by atoms with Crippen LogP contribution in [-0.2, 0) is 14.9 Å². The van der Waals surface area contributed by atoms with E-state index in [-0.39, 0.29) is 18.8 Å². The first-order valence-corrected chi connectivity index (χ1v) is 10.3. The van der Waals surface area contributed by atoms with Crippen molar-refractivity contribution in [2.24, 2.45) is 0 Å². The molecule has 0 spiro atoms. The van der Waals surface area contributed by atoms with Crippen LogP contribution >= 0.6 is 11.3 Å². The minimum Gasteiger partial charge on any atom is -0.454 e. The van der Waals surface area contributed by atoms with Gasteiger partial charge in [-0.15, -0.1) is 0 Å². The zero-order valence-electron chi connectivity index (χ0n) is 15.9. The molecule has 29 heavy (non-hydrogen) atoms. The van der Waals surface area contributed by atoms with Crippen LogP contribution in [-0.4, -0.2) is 24.8 Å². The lowest BCUT2D eigenvalue weighted by atomic mass is 9.94. The number of ether oxygens (including phenoxy) is 3. The Morgan fingerprint density at radius 1 is 1.17 bits per heavy atom. The normalized spacial score (nSPS) is 17.0. The van der Waals surface area contributed by atoms with Gasteiger partial charge in [0.05, 0.1) is 10.3 Å². The second kappa shape index (κ2) is 7.17. The van der Waals surface area contributed by atoms with E-state index in [1.165, 1.54) is 11.3 Å². The highest BCUT2D eigenvalue weighted by Gasteiger charge is 2.52. The van der Waals surface area contributed by atoms with E-state index in [4.69, 9.17) is 14.2 Å². The van der Waals surface area contributed by atoms with Gasteiger partial charge in [0.15, 0.2) is 16.6 Å². The Kier molecular flexibility index (Phi) is 4.49. The molecule has 2 aromatic carbocycles. The van der Waals surface area contributed by atoms with Gasteiger partial charge >= 0.3 is 0 Å². The van der Waals surface area contributed by atoms with Crippen molar-refractivity contribution >= 4 is 22.4 Å². The Balaban J connectivity index is 1.34. The topological polar surface area (TPSA) is 69.7 Å². The molecule has 1 aromatic heterocycles. The van der Waals surface area contributed by atoms with Crippen LogP contribution in [0.4, 0.5) is 5.13 Å². The average molecular weight is 408 g/mol. The molecule has 1 saturated carbocycles. The second-order valence-corrected chi connectivity index (χ2v) is 8.26. The van der Waals surface area contributed by atoms with Crippen molar-refractivity contribution in [1.82, 2.24) is 4.98 Å². The predicted octanol–water partition coefficient (Wildman–Crippen LogP) is 4.28. The van der Waals surface area contributed by atoms with Crippen LogP contribution in [0.5, 0.6) is 11.5 Å². The van der Waals surface area contributed by atoms with Crippen LogP contribution in [0.3, 0.4) is 0 Å². The maximum Gasteiger partial charge on any atom is 0.236 e. The lowest BCUT2D eigenvalue weighted by Gasteiger charge is -2.15. The molecule has 2 heterocycles. The number of thiazole rings is 1. The molecule has 0 bridgehead atoms.